The number of hydrogen-bond donors (Lipinski definition) is 3. The van der Waals surface area contributed by atoms with E-state index in [2.05, 4.69) is 10.6 Å². The molecule has 0 aromatic carbocycles. The lowest BCUT2D eigenvalue weighted by atomic mass is 9.84. The molecule has 0 spiro atoms. The number of amides is 1. The van der Waals surface area contributed by atoms with Gasteiger partial charge in [-0.1, -0.05) is 13.8 Å². The molecule has 3 N–H and O–H groups in total. The van der Waals surface area contributed by atoms with E-state index >= 15 is 0 Å². The van der Waals surface area contributed by atoms with Crippen molar-refractivity contribution in [3.05, 3.63) is 0 Å². The minimum atomic E-state index is -0.759. The average molecular weight is 244 g/mol. The Bertz CT molecular complexity index is 264. The number of aliphatic carboxylic acids is 1. The van der Waals surface area contributed by atoms with Crippen molar-refractivity contribution in [1.82, 2.24) is 10.6 Å². The molecule has 17 heavy (non-hydrogen) atoms. The first-order valence-corrected chi connectivity index (χ1v) is 5.95. The van der Waals surface area contributed by atoms with E-state index < -0.39 is 5.97 Å². The molecule has 1 amide bonds. The first kappa shape index (κ1) is 15.9. The van der Waals surface area contributed by atoms with E-state index in [4.69, 9.17) is 5.11 Å². The van der Waals surface area contributed by atoms with E-state index in [1.807, 2.05) is 20.8 Å². The highest BCUT2D eigenvalue weighted by molar-refractivity contribution is 5.80. The van der Waals surface area contributed by atoms with Gasteiger partial charge in [-0.25, -0.2) is 0 Å². The molecule has 0 aromatic rings. The first-order chi connectivity index (χ1) is 7.78. The van der Waals surface area contributed by atoms with Gasteiger partial charge in [0, 0.05) is 13.5 Å². The first-order valence-electron chi connectivity index (χ1n) is 5.95. The molecule has 0 saturated carbocycles. The molecule has 5 heteroatoms. The smallest absolute Gasteiger partial charge is 0.303 e. The summed E-state index contributed by atoms with van der Waals surface area (Å²) in [7, 11) is 1.61. The van der Waals surface area contributed by atoms with Crippen LogP contribution in [0.25, 0.3) is 0 Å². The standard InChI is InChI=1S/C12H24N2O3/c1-9(11(17)13-4)14-8-7-12(2,3)6-5-10(15)16/h9,14H,5-8H2,1-4H3,(H,13,17)(H,15,16). The van der Waals surface area contributed by atoms with Crippen LogP contribution in [0.15, 0.2) is 0 Å². The number of carboxylic acid groups (broad SMARTS) is 1. The third kappa shape index (κ3) is 7.74. The van der Waals surface area contributed by atoms with Crippen LogP contribution in [-0.2, 0) is 9.59 Å². The lowest BCUT2D eigenvalue weighted by Gasteiger charge is -2.24. The Morgan fingerprint density at radius 3 is 2.35 bits per heavy atom. The largest absolute Gasteiger partial charge is 0.481 e. The van der Waals surface area contributed by atoms with Crippen molar-refractivity contribution in [2.45, 2.75) is 46.1 Å². The molecule has 100 valence electrons. The molecule has 1 atom stereocenters. The zero-order chi connectivity index (χ0) is 13.5. The number of hydrogen-bond acceptors (Lipinski definition) is 3. The lowest BCUT2D eigenvalue weighted by Crippen LogP contribution is -2.41. The second-order valence-corrected chi connectivity index (χ2v) is 5.10. The number of carbonyl (C=O) groups is 2. The monoisotopic (exact) mass is 244 g/mol. The fourth-order valence-electron chi connectivity index (χ4n) is 1.51. The highest BCUT2D eigenvalue weighted by Crippen LogP contribution is 2.25. The lowest BCUT2D eigenvalue weighted by molar-refractivity contribution is -0.137. The molecule has 0 rings (SSSR count). The summed E-state index contributed by atoms with van der Waals surface area (Å²) in [6.07, 6.45) is 1.69. The van der Waals surface area contributed by atoms with Crippen molar-refractivity contribution in [3.63, 3.8) is 0 Å². The molecular weight excluding hydrogens is 220 g/mol. The predicted molar refractivity (Wildman–Crippen MR) is 66.8 cm³/mol. The van der Waals surface area contributed by atoms with Gasteiger partial charge in [0.1, 0.15) is 0 Å². The minimum Gasteiger partial charge on any atom is -0.481 e. The van der Waals surface area contributed by atoms with Gasteiger partial charge in [-0.2, -0.15) is 0 Å². The molecule has 0 aromatic heterocycles. The maximum absolute atomic E-state index is 11.2. The second kappa shape index (κ2) is 7.27. The van der Waals surface area contributed by atoms with E-state index in [0.29, 0.717) is 13.0 Å². The highest BCUT2D eigenvalue weighted by Gasteiger charge is 2.19. The van der Waals surface area contributed by atoms with Crippen LogP contribution < -0.4 is 10.6 Å². The van der Waals surface area contributed by atoms with Gasteiger partial charge in [-0.05, 0) is 31.7 Å². The Labute approximate surface area is 103 Å². The van der Waals surface area contributed by atoms with Gasteiger partial charge >= 0.3 is 5.97 Å². The summed E-state index contributed by atoms with van der Waals surface area (Å²) in [6.45, 7) is 6.61. The van der Waals surface area contributed by atoms with Crippen molar-refractivity contribution >= 4 is 11.9 Å². The Kier molecular flexibility index (Phi) is 6.80. The van der Waals surface area contributed by atoms with Crippen LogP contribution >= 0.6 is 0 Å². The number of carbonyl (C=O) groups excluding carboxylic acids is 1. The van der Waals surface area contributed by atoms with Crippen molar-refractivity contribution < 1.29 is 14.7 Å². The Morgan fingerprint density at radius 2 is 1.88 bits per heavy atom. The number of likely N-dealkylation sites (N-methyl/N-ethyl adjacent to an activating group) is 1. The van der Waals surface area contributed by atoms with Gasteiger partial charge in [0.15, 0.2) is 0 Å². The van der Waals surface area contributed by atoms with Gasteiger partial charge in [0.25, 0.3) is 0 Å². The van der Waals surface area contributed by atoms with Gasteiger partial charge in [0.2, 0.25) is 5.91 Å². The summed E-state index contributed by atoms with van der Waals surface area (Å²) in [5.41, 5.74) is -0.0200. The summed E-state index contributed by atoms with van der Waals surface area (Å²) in [5.74, 6) is -0.793. The summed E-state index contributed by atoms with van der Waals surface area (Å²) in [5, 5.41) is 14.3. The fraction of sp³-hybridized carbons (Fsp3) is 0.833. The van der Waals surface area contributed by atoms with Crippen LogP contribution in [0.3, 0.4) is 0 Å². The van der Waals surface area contributed by atoms with Crippen molar-refractivity contribution in [1.29, 1.82) is 0 Å². The molecule has 0 fully saturated rings. The van der Waals surface area contributed by atoms with Crippen LogP contribution in [0.1, 0.15) is 40.0 Å². The molecule has 0 aliphatic carbocycles. The highest BCUT2D eigenvalue weighted by atomic mass is 16.4. The predicted octanol–water partition coefficient (Wildman–Crippen LogP) is 0.992. The maximum atomic E-state index is 11.2. The maximum Gasteiger partial charge on any atom is 0.303 e. The van der Waals surface area contributed by atoms with Gasteiger partial charge in [0.05, 0.1) is 6.04 Å². The normalized spacial score (nSPS) is 13.2. The van der Waals surface area contributed by atoms with Gasteiger partial charge in [-0.3, -0.25) is 9.59 Å². The van der Waals surface area contributed by atoms with Crippen LogP contribution in [0.4, 0.5) is 0 Å². The van der Waals surface area contributed by atoms with Crippen LogP contribution in [0, 0.1) is 5.41 Å². The quantitative estimate of drug-likeness (QED) is 0.595. The molecule has 5 nitrogen and oxygen atoms in total. The van der Waals surface area contributed by atoms with Crippen LogP contribution in [0.2, 0.25) is 0 Å². The fourth-order valence-corrected chi connectivity index (χ4v) is 1.51. The third-order valence-corrected chi connectivity index (χ3v) is 2.91. The van der Waals surface area contributed by atoms with E-state index in [1.54, 1.807) is 7.05 Å². The zero-order valence-corrected chi connectivity index (χ0v) is 11.2. The summed E-state index contributed by atoms with van der Waals surface area (Å²) >= 11 is 0. The van der Waals surface area contributed by atoms with Gasteiger partial charge in [-0.15, -0.1) is 0 Å². The Hall–Kier alpha value is -1.10. The zero-order valence-electron chi connectivity index (χ0n) is 11.2. The molecule has 0 aliphatic rings. The molecule has 0 heterocycles. The Balaban J connectivity index is 3.86. The minimum absolute atomic E-state index is 0.0200. The molecular formula is C12H24N2O3. The summed E-state index contributed by atoms with van der Waals surface area (Å²) in [4.78, 5) is 21.7. The molecule has 0 saturated heterocycles. The Morgan fingerprint density at radius 1 is 1.29 bits per heavy atom. The molecule has 0 bridgehead atoms. The number of carboxylic acids is 1. The van der Waals surface area contributed by atoms with Crippen molar-refractivity contribution in [3.8, 4) is 0 Å². The summed E-state index contributed by atoms with van der Waals surface area (Å²) in [6, 6.07) is -0.213. The van der Waals surface area contributed by atoms with Crippen molar-refractivity contribution in [2.24, 2.45) is 5.41 Å². The molecule has 0 aliphatic heterocycles. The topological polar surface area (TPSA) is 78.4 Å². The van der Waals surface area contributed by atoms with Crippen LogP contribution in [0.5, 0.6) is 0 Å². The van der Waals surface area contributed by atoms with Crippen molar-refractivity contribution in [2.75, 3.05) is 13.6 Å². The van der Waals surface area contributed by atoms with E-state index in [1.165, 1.54) is 0 Å². The number of nitrogens with one attached hydrogen (secondary N) is 2. The van der Waals surface area contributed by atoms with E-state index in [-0.39, 0.29) is 23.8 Å². The molecule has 0 radical (unpaired) electrons. The van der Waals surface area contributed by atoms with Crippen LogP contribution in [-0.4, -0.2) is 36.6 Å². The van der Waals surface area contributed by atoms with E-state index in [9.17, 15) is 9.59 Å². The average Bonchev–Trinajstić information content (AvgIpc) is 2.25. The summed E-state index contributed by atoms with van der Waals surface area (Å²) < 4.78 is 0. The molecule has 1 unspecified atom stereocenters. The second-order valence-electron chi connectivity index (χ2n) is 5.10. The van der Waals surface area contributed by atoms with Gasteiger partial charge < -0.3 is 15.7 Å². The number of rotatable bonds is 8. The SMILES string of the molecule is CNC(=O)C(C)NCCC(C)(C)CCC(=O)O. The third-order valence-electron chi connectivity index (χ3n) is 2.91. The van der Waals surface area contributed by atoms with E-state index in [0.717, 1.165) is 6.42 Å².